The van der Waals surface area contributed by atoms with Crippen LogP contribution in [-0.4, -0.2) is 57.4 Å². The van der Waals surface area contributed by atoms with E-state index in [0.29, 0.717) is 6.61 Å². The summed E-state index contributed by atoms with van der Waals surface area (Å²) in [7, 11) is 2.07. The van der Waals surface area contributed by atoms with Gasteiger partial charge in [0.05, 0.1) is 16.6 Å². The number of hydrogen-bond acceptors (Lipinski definition) is 5. The molecule has 0 amide bonds. The maximum Gasteiger partial charge on any atom is 0.162 e. The van der Waals surface area contributed by atoms with E-state index in [1.807, 2.05) is 30.3 Å². The molecule has 35 heavy (non-hydrogen) atoms. The Balaban J connectivity index is 1.27. The molecule has 3 heterocycles. The second-order valence-electron chi connectivity index (χ2n) is 9.14. The molecule has 0 atom stereocenters. The van der Waals surface area contributed by atoms with Crippen LogP contribution < -0.4 is 9.64 Å². The van der Waals surface area contributed by atoms with Crippen LogP contribution in [0.25, 0.3) is 33.5 Å². The van der Waals surface area contributed by atoms with E-state index in [4.69, 9.17) is 9.72 Å². The molecule has 2 aromatic heterocycles. The summed E-state index contributed by atoms with van der Waals surface area (Å²) in [6.07, 6.45) is 0. The molecule has 0 radical (unpaired) electrons. The van der Waals surface area contributed by atoms with Gasteiger partial charge in [-0.2, -0.15) is 5.10 Å². The molecule has 1 aliphatic rings. The first-order chi connectivity index (χ1) is 17.2. The number of likely N-dealkylation sites (N-methyl/N-ethyl adjacent to an activating group) is 1. The van der Waals surface area contributed by atoms with Gasteiger partial charge in [-0.1, -0.05) is 37.3 Å². The zero-order chi connectivity index (χ0) is 23.8. The first-order valence-electron chi connectivity index (χ1n) is 12.3. The van der Waals surface area contributed by atoms with Crippen LogP contribution >= 0.6 is 0 Å². The van der Waals surface area contributed by atoms with Crippen molar-refractivity contribution < 1.29 is 4.74 Å². The third kappa shape index (κ3) is 4.12. The van der Waals surface area contributed by atoms with Gasteiger partial charge in [0.1, 0.15) is 18.1 Å². The molecule has 7 nitrogen and oxygen atoms in total. The maximum absolute atomic E-state index is 6.00. The fourth-order valence-electron chi connectivity index (χ4n) is 4.91. The highest BCUT2D eigenvalue weighted by Gasteiger charge is 2.19. The number of ether oxygens (including phenoxy) is 1. The van der Waals surface area contributed by atoms with E-state index >= 15 is 0 Å². The Kier molecular flexibility index (Phi) is 5.62. The fraction of sp³-hybridized carbons (Fsp3) is 0.286. The third-order valence-corrected chi connectivity index (χ3v) is 7.04. The van der Waals surface area contributed by atoms with Gasteiger partial charge in [-0.3, -0.25) is 5.10 Å². The number of aromatic nitrogens is 4. The fourth-order valence-corrected chi connectivity index (χ4v) is 4.91. The van der Waals surface area contributed by atoms with Crippen LogP contribution in [0.1, 0.15) is 12.5 Å². The number of imidazole rings is 1. The Morgan fingerprint density at radius 2 is 1.77 bits per heavy atom. The Morgan fingerprint density at radius 1 is 0.943 bits per heavy atom. The lowest BCUT2D eigenvalue weighted by Crippen LogP contribution is -2.46. The van der Waals surface area contributed by atoms with Crippen LogP contribution in [-0.2, 0) is 13.7 Å². The van der Waals surface area contributed by atoms with Gasteiger partial charge in [0.15, 0.2) is 5.82 Å². The summed E-state index contributed by atoms with van der Waals surface area (Å²) in [5, 5.41) is 8.84. The van der Waals surface area contributed by atoms with E-state index in [0.717, 1.165) is 77.5 Å². The van der Waals surface area contributed by atoms with Crippen molar-refractivity contribution in [1.82, 2.24) is 24.6 Å². The van der Waals surface area contributed by atoms with Crippen molar-refractivity contribution in [2.24, 2.45) is 7.05 Å². The first kappa shape index (κ1) is 21.7. The van der Waals surface area contributed by atoms with Gasteiger partial charge in [0, 0.05) is 50.4 Å². The zero-order valence-corrected chi connectivity index (χ0v) is 20.2. The molecule has 0 bridgehead atoms. The van der Waals surface area contributed by atoms with Gasteiger partial charge >= 0.3 is 0 Å². The van der Waals surface area contributed by atoms with E-state index in [9.17, 15) is 0 Å². The SMILES string of the molecule is CCN1CCN(c2ccc3nc(-c4n[nH]c5cc(OCc6ccccc6)ccc45)n(C)c3c2)CC1. The normalized spacial score (nSPS) is 14.7. The van der Waals surface area contributed by atoms with E-state index in [2.05, 4.69) is 74.9 Å². The van der Waals surface area contributed by atoms with Crippen molar-refractivity contribution in [2.75, 3.05) is 37.6 Å². The number of nitrogens with one attached hydrogen (secondary N) is 1. The van der Waals surface area contributed by atoms with Gasteiger partial charge in [-0.15, -0.1) is 0 Å². The topological polar surface area (TPSA) is 62.2 Å². The van der Waals surface area contributed by atoms with Crippen molar-refractivity contribution in [3.63, 3.8) is 0 Å². The van der Waals surface area contributed by atoms with Crippen LogP contribution in [0.5, 0.6) is 5.75 Å². The molecular formula is C28H30N6O. The number of nitrogens with zero attached hydrogens (tertiary/aromatic N) is 5. The predicted octanol–water partition coefficient (Wildman–Crippen LogP) is 4.84. The smallest absolute Gasteiger partial charge is 0.162 e. The number of benzene rings is 3. The molecule has 0 aliphatic carbocycles. The molecular weight excluding hydrogens is 436 g/mol. The molecule has 178 valence electrons. The third-order valence-electron chi connectivity index (χ3n) is 7.04. The lowest BCUT2D eigenvalue weighted by atomic mass is 10.2. The minimum Gasteiger partial charge on any atom is -0.489 e. The number of hydrogen-bond donors (Lipinski definition) is 1. The monoisotopic (exact) mass is 466 g/mol. The van der Waals surface area contributed by atoms with Gasteiger partial charge in [-0.05, 0) is 42.4 Å². The van der Waals surface area contributed by atoms with Gasteiger partial charge < -0.3 is 19.1 Å². The summed E-state index contributed by atoms with van der Waals surface area (Å²) in [4.78, 5) is 9.91. The van der Waals surface area contributed by atoms with Crippen molar-refractivity contribution >= 4 is 27.6 Å². The molecule has 0 spiro atoms. The Bertz CT molecular complexity index is 1460. The second kappa shape index (κ2) is 9.07. The quantitative estimate of drug-likeness (QED) is 0.388. The molecule has 1 saturated heterocycles. The summed E-state index contributed by atoms with van der Waals surface area (Å²) in [5.74, 6) is 1.67. The minimum absolute atomic E-state index is 0.536. The highest BCUT2D eigenvalue weighted by molar-refractivity contribution is 5.94. The van der Waals surface area contributed by atoms with Gasteiger partial charge in [0.2, 0.25) is 0 Å². The number of fused-ring (bicyclic) bond motifs is 2. The molecule has 7 heteroatoms. The molecule has 5 aromatic rings. The zero-order valence-electron chi connectivity index (χ0n) is 20.2. The summed E-state index contributed by atoms with van der Waals surface area (Å²) >= 11 is 0. The Morgan fingerprint density at radius 3 is 2.57 bits per heavy atom. The van der Waals surface area contributed by atoms with Crippen LogP contribution in [0.15, 0.2) is 66.7 Å². The number of anilines is 1. The average Bonchev–Trinajstić information content (AvgIpc) is 3.48. The Hall–Kier alpha value is -3.84. The first-order valence-corrected chi connectivity index (χ1v) is 12.3. The van der Waals surface area contributed by atoms with Crippen molar-refractivity contribution in [3.8, 4) is 17.3 Å². The van der Waals surface area contributed by atoms with E-state index < -0.39 is 0 Å². The molecule has 0 unspecified atom stereocenters. The molecule has 0 saturated carbocycles. The van der Waals surface area contributed by atoms with Gasteiger partial charge in [-0.25, -0.2) is 4.98 Å². The molecule has 1 fully saturated rings. The summed E-state index contributed by atoms with van der Waals surface area (Å²) < 4.78 is 8.14. The average molecular weight is 467 g/mol. The van der Waals surface area contributed by atoms with Crippen LogP contribution in [0.3, 0.4) is 0 Å². The molecule has 1 N–H and O–H groups in total. The minimum atomic E-state index is 0.536. The van der Waals surface area contributed by atoms with E-state index in [-0.39, 0.29) is 0 Å². The van der Waals surface area contributed by atoms with E-state index in [1.165, 1.54) is 5.69 Å². The van der Waals surface area contributed by atoms with E-state index in [1.54, 1.807) is 0 Å². The Labute approximate surface area is 204 Å². The molecule has 3 aromatic carbocycles. The number of aryl methyl sites for hydroxylation is 1. The number of aromatic amines is 1. The van der Waals surface area contributed by atoms with Crippen LogP contribution in [0.4, 0.5) is 5.69 Å². The molecule has 6 rings (SSSR count). The summed E-state index contributed by atoms with van der Waals surface area (Å²) in [6.45, 7) is 8.23. The summed E-state index contributed by atoms with van der Waals surface area (Å²) in [6, 6.07) is 22.8. The molecule has 1 aliphatic heterocycles. The van der Waals surface area contributed by atoms with Crippen LogP contribution in [0, 0.1) is 0 Å². The highest BCUT2D eigenvalue weighted by atomic mass is 16.5. The number of piperazine rings is 1. The van der Waals surface area contributed by atoms with Gasteiger partial charge in [0.25, 0.3) is 0 Å². The van der Waals surface area contributed by atoms with Crippen LogP contribution in [0.2, 0.25) is 0 Å². The van der Waals surface area contributed by atoms with Crippen molar-refractivity contribution in [1.29, 1.82) is 0 Å². The maximum atomic E-state index is 6.00. The largest absolute Gasteiger partial charge is 0.489 e. The predicted molar refractivity (Wildman–Crippen MR) is 141 cm³/mol. The number of H-pyrrole nitrogens is 1. The van der Waals surface area contributed by atoms with Crippen molar-refractivity contribution in [3.05, 3.63) is 72.3 Å². The summed E-state index contributed by atoms with van der Waals surface area (Å²) in [5.41, 5.74) is 6.30. The lowest BCUT2D eigenvalue weighted by Gasteiger charge is -2.35. The lowest BCUT2D eigenvalue weighted by molar-refractivity contribution is 0.271. The van der Waals surface area contributed by atoms with Crippen molar-refractivity contribution in [2.45, 2.75) is 13.5 Å². The number of rotatable bonds is 6. The second-order valence-corrected chi connectivity index (χ2v) is 9.14. The highest BCUT2D eigenvalue weighted by Crippen LogP contribution is 2.32. The standard InChI is InChI=1S/C28H30N6O/c1-3-33-13-15-34(16-14-33)21-9-12-24-26(17-21)32(2)28(29-24)27-23-11-10-22(18-25(23)30-31-27)35-19-20-7-5-4-6-8-20/h4-12,17-18H,3,13-16,19H2,1-2H3,(H,30,31).